The van der Waals surface area contributed by atoms with Gasteiger partial charge in [-0.3, -0.25) is 0 Å². The second-order valence-electron chi connectivity index (χ2n) is 4.54. The highest BCUT2D eigenvalue weighted by molar-refractivity contribution is 4.80. The topological polar surface area (TPSA) is 21.3 Å². The first-order valence-electron chi connectivity index (χ1n) is 4.95. The summed E-state index contributed by atoms with van der Waals surface area (Å²) < 4.78 is 5.59. The van der Waals surface area contributed by atoms with Crippen molar-refractivity contribution in [2.24, 2.45) is 0 Å². The van der Waals surface area contributed by atoms with Crippen molar-refractivity contribution < 1.29 is 4.74 Å². The van der Waals surface area contributed by atoms with Crippen molar-refractivity contribution in [1.29, 1.82) is 0 Å². The molecule has 0 heterocycles. The molecule has 72 valence electrons. The maximum atomic E-state index is 5.59. The molecule has 0 radical (unpaired) electrons. The van der Waals surface area contributed by atoms with Crippen LogP contribution in [-0.4, -0.2) is 24.8 Å². The lowest BCUT2D eigenvalue weighted by Crippen LogP contribution is -2.23. The minimum Gasteiger partial charge on any atom is -0.376 e. The van der Waals surface area contributed by atoms with E-state index in [-0.39, 0.29) is 5.60 Å². The van der Waals surface area contributed by atoms with Crippen LogP contribution in [0.4, 0.5) is 0 Å². The van der Waals surface area contributed by atoms with Crippen LogP contribution in [0.5, 0.6) is 0 Å². The van der Waals surface area contributed by atoms with Gasteiger partial charge in [0.1, 0.15) is 0 Å². The zero-order valence-electron chi connectivity index (χ0n) is 8.52. The van der Waals surface area contributed by atoms with Crippen molar-refractivity contribution in [3.05, 3.63) is 0 Å². The van der Waals surface area contributed by atoms with Crippen LogP contribution in [-0.2, 0) is 4.74 Å². The first-order valence-corrected chi connectivity index (χ1v) is 4.95. The minimum absolute atomic E-state index is 0.0274. The van der Waals surface area contributed by atoms with E-state index in [2.05, 4.69) is 26.1 Å². The first-order chi connectivity index (χ1) is 5.58. The average molecular weight is 171 g/mol. The van der Waals surface area contributed by atoms with E-state index < -0.39 is 0 Å². The third kappa shape index (κ3) is 5.56. The second kappa shape index (κ2) is 4.24. The molecule has 2 nitrogen and oxygen atoms in total. The van der Waals surface area contributed by atoms with E-state index in [4.69, 9.17) is 4.74 Å². The van der Waals surface area contributed by atoms with Gasteiger partial charge in [0.05, 0.1) is 5.60 Å². The Morgan fingerprint density at radius 3 is 2.50 bits per heavy atom. The van der Waals surface area contributed by atoms with Crippen molar-refractivity contribution in [3.63, 3.8) is 0 Å². The van der Waals surface area contributed by atoms with Crippen LogP contribution < -0.4 is 5.32 Å². The normalized spacial score (nSPS) is 18.2. The summed E-state index contributed by atoms with van der Waals surface area (Å²) in [6.07, 6.45) is 3.88. The summed E-state index contributed by atoms with van der Waals surface area (Å²) >= 11 is 0. The molecular formula is C10H21NO. The molecule has 12 heavy (non-hydrogen) atoms. The maximum absolute atomic E-state index is 5.59. The Balaban J connectivity index is 1.82. The Hall–Kier alpha value is -0.0800. The molecule has 1 N–H and O–H groups in total. The quantitative estimate of drug-likeness (QED) is 0.638. The van der Waals surface area contributed by atoms with Crippen LogP contribution in [0, 0.1) is 0 Å². The highest BCUT2D eigenvalue weighted by Gasteiger charge is 2.19. The van der Waals surface area contributed by atoms with E-state index >= 15 is 0 Å². The van der Waals surface area contributed by atoms with E-state index in [1.807, 2.05) is 0 Å². The van der Waals surface area contributed by atoms with Gasteiger partial charge in [0.15, 0.2) is 0 Å². The molecule has 0 aromatic heterocycles. The zero-order chi connectivity index (χ0) is 9.03. The van der Waals surface area contributed by atoms with Gasteiger partial charge in [0.25, 0.3) is 0 Å². The fourth-order valence-corrected chi connectivity index (χ4v) is 1.04. The molecule has 0 aliphatic heterocycles. The van der Waals surface area contributed by atoms with Crippen LogP contribution in [0.3, 0.4) is 0 Å². The molecule has 0 bridgehead atoms. The summed E-state index contributed by atoms with van der Waals surface area (Å²) in [5.74, 6) is 0. The Labute approximate surface area is 75.7 Å². The third-order valence-electron chi connectivity index (χ3n) is 1.87. The fraction of sp³-hybridized carbons (Fsp3) is 1.00. The van der Waals surface area contributed by atoms with Gasteiger partial charge in [-0.1, -0.05) is 0 Å². The summed E-state index contributed by atoms with van der Waals surface area (Å²) in [6.45, 7) is 8.29. The molecule has 0 unspecified atom stereocenters. The Bertz CT molecular complexity index is 124. The van der Waals surface area contributed by atoms with Crippen molar-refractivity contribution in [2.45, 2.75) is 51.7 Å². The third-order valence-corrected chi connectivity index (χ3v) is 1.87. The average Bonchev–Trinajstić information content (AvgIpc) is 2.68. The summed E-state index contributed by atoms with van der Waals surface area (Å²) in [4.78, 5) is 0. The van der Waals surface area contributed by atoms with Crippen molar-refractivity contribution in [3.8, 4) is 0 Å². The molecule has 2 heteroatoms. The lowest BCUT2D eigenvalue weighted by Gasteiger charge is -2.19. The van der Waals surface area contributed by atoms with Crippen LogP contribution in [0.1, 0.15) is 40.0 Å². The summed E-state index contributed by atoms with van der Waals surface area (Å²) in [5.41, 5.74) is 0.0274. The lowest BCUT2D eigenvalue weighted by molar-refractivity contribution is -0.00378. The molecule has 0 aromatic rings. The second-order valence-corrected chi connectivity index (χ2v) is 4.54. The van der Waals surface area contributed by atoms with Crippen LogP contribution in [0.25, 0.3) is 0 Å². The molecule has 1 rings (SSSR count). The first kappa shape index (κ1) is 10.0. The predicted octanol–water partition coefficient (Wildman–Crippen LogP) is 1.94. The molecule has 0 spiro atoms. The van der Waals surface area contributed by atoms with E-state index in [0.717, 1.165) is 25.6 Å². The molecule has 1 aliphatic carbocycles. The van der Waals surface area contributed by atoms with Gasteiger partial charge in [0.2, 0.25) is 0 Å². The SMILES string of the molecule is CC(C)(C)OCCCNC1CC1. The molecule has 0 amide bonds. The minimum atomic E-state index is 0.0274. The number of nitrogens with one attached hydrogen (secondary N) is 1. The monoisotopic (exact) mass is 171 g/mol. The van der Waals surface area contributed by atoms with Crippen molar-refractivity contribution >= 4 is 0 Å². The van der Waals surface area contributed by atoms with E-state index in [9.17, 15) is 0 Å². The summed E-state index contributed by atoms with van der Waals surface area (Å²) in [6, 6.07) is 0.833. The smallest absolute Gasteiger partial charge is 0.0598 e. The zero-order valence-corrected chi connectivity index (χ0v) is 8.52. The fourth-order valence-electron chi connectivity index (χ4n) is 1.04. The number of hydrogen-bond acceptors (Lipinski definition) is 2. The van der Waals surface area contributed by atoms with Gasteiger partial charge < -0.3 is 10.1 Å². The summed E-state index contributed by atoms with van der Waals surface area (Å²) in [7, 11) is 0. The van der Waals surface area contributed by atoms with Gasteiger partial charge in [-0.15, -0.1) is 0 Å². The molecule has 0 aromatic carbocycles. The van der Waals surface area contributed by atoms with E-state index in [0.29, 0.717) is 0 Å². The highest BCUT2D eigenvalue weighted by atomic mass is 16.5. The predicted molar refractivity (Wildman–Crippen MR) is 51.3 cm³/mol. The van der Waals surface area contributed by atoms with Crippen molar-refractivity contribution in [2.75, 3.05) is 13.2 Å². The Morgan fingerprint density at radius 1 is 1.33 bits per heavy atom. The van der Waals surface area contributed by atoms with Crippen LogP contribution in [0.15, 0.2) is 0 Å². The largest absolute Gasteiger partial charge is 0.376 e. The molecule has 1 saturated carbocycles. The van der Waals surface area contributed by atoms with Crippen molar-refractivity contribution in [1.82, 2.24) is 5.32 Å². The number of hydrogen-bond donors (Lipinski definition) is 1. The Kier molecular flexibility index (Phi) is 3.53. The molecule has 1 aliphatic rings. The lowest BCUT2D eigenvalue weighted by atomic mass is 10.2. The maximum Gasteiger partial charge on any atom is 0.0598 e. The molecule has 0 atom stereocenters. The van der Waals surface area contributed by atoms with Gasteiger partial charge in [-0.2, -0.15) is 0 Å². The van der Waals surface area contributed by atoms with Gasteiger partial charge >= 0.3 is 0 Å². The molecule has 1 fully saturated rings. The van der Waals surface area contributed by atoms with Gasteiger partial charge in [0, 0.05) is 12.6 Å². The molecule has 0 saturated heterocycles. The van der Waals surface area contributed by atoms with E-state index in [1.54, 1.807) is 0 Å². The van der Waals surface area contributed by atoms with Crippen LogP contribution in [0.2, 0.25) is 0 Å². The Morgan fingerprint density at radius 2 is 2.00 bits per heavy atom. The number of rotatable bonds is 5. The summed E-state index contributed by atoms with van der Waals surface area (Å²) in [5, 5.41) is 3.46. The standard InChI is InChI=1S/C10H21NO/c1-10(2,3)12-8-4-7-11-9-5-6-9/h9,11H,4-8H2,1-3H3. The van der Waals surface area contributed by atoms with E-state index in [1.165, 1.54) is 12.8 Å². The van der Waals surface area contributed by atoms with Crippen LogP contribution >= 0.6 is 0 Å². The molecular weight excluding hydrogens is 150 g/mol. The van der Waals surface area contributed by atoms with Gasteiger partial charge in [-0.05, 0) is 46.6 Å². The number of ether oxygens (including phenoxy) is 1. The van der Waals surface area contributed by atoms with Gasteiger partial charge in [-0.25, -0.2) is 0 Å². The highest BCUT2D eigenvalue weighted by Crippen LogP contribution is 2.18.